The lowest BCUT2D eigenvalue weighted by atomic mass is 9.72. The zero-order valence-corrected chi connectivity index (χ0v) is 19.8. The molecule has 0 N–H and O–H groups in total. The smallest absolute Gasteiger partial charge is 0.134 e. The van der Waals surface area contributed by atoms with E-state index in [1.165, 1.54) is 10.4 Å². The van der Waals surface area contributed by atoms with Crippen LogP contribution < -0.4 is 4.74 Å². The van der Waals surface area contributed by atoms with Crippen LogP contribution in [0.3, 0.4) is 0 Å². The largest absolute Gasteiger partial charge is 0.490 e. The van der Waals surface area contributed by atoms with E-state index in [9.17, 15) is 5.26 Å². The third-order valence-corrected chi connectivity index (χ3v) is 7.35. The van der Waals surface area contributed by atoms with Crippen molar-refractivity contribution in [2.24, 2.45) is 16.3 Å². The predicted molar refractivity (Wildman–Crippen MR) is 131 cm³/mol. The van der Waals surface area contributed by atoms with Gasteiger partial charge in [0.2, 0.25) is 0 Å². The van der Waals surface area contributed by atoms with E-state index in [0.29, 0.717) is 5.92 Å². The number of benzene rings is 2. The molecule has 3 nitrogen and oxygen atoms in total. The highest BCUT2D eigenvalue weighted by atomic mass is 32.1. The number of rotatable bonds is 4. The maximum absolute atomic E-state index is 9.89. The Morgan fingerprint density at radius 1 is 1.19 bits per heavy atom. The molecule has 0 unspecified atom stereocenters. The van der Waals surface area contributed by atoms with Gasteiger partial charge in [-0.25, -0.2) is 4.99 Å². The molecule has 0 saturated heterocycles. The van der Waals surface area contributed by atoms with E-state index in [0.717, 1.165) is 51.9 Å². The molecule has 160 valence electrons. The van der Waals surface area contributed by atoms with Gasteiger partial charge >= 0.3 is 0 Å². The Morgan fingerprint density at radius 2 is 1.97 bits per heavy atom. The maximum atomic E-state index is 9.89. The van der Waals surface area contributed by atoms with Gasteiger partial charge in [-0.2, -0.15) is 5.26 Å². The standard InChI is InChI=1S/C27H30N2OS/c1-17(2)30-24-13-10-18-8-6-7-9-20(18)23(24)16-29-26-22(15-28)21-12-11-19(27(3,4)5)14-25(21)31-26/h6-10,13,16-17,19H,11-12,14H2,1-5H3/t19-/m1/s1. The normalized spacial score (nSPS) is 16.6. The molecule has 1 heterocycles. The highest BCUT2D eigenvalue weighted by molar-refractivity contribution is 7.16. The second kappa shape index (κ2) is 8.48. The molecule has 0 fully saturated rings. The van der Waals surface area contributed by atoms with Crippen molar-refractivity contribution < 1.29 is 4.74 Å². The molecule has 4 rings (SSSR count). The quantitative estimate of drug-likeness (QED) is 0.403. The Balaban J connectivity index is 1.76. The van der Waals surface area contributed by atoms with Crippen molar-refractivity contribution in [3.05, 3.63) is 58.0 Å². The predicted octanol–water partition coefficient (Wildman–Crippen LogP) is 7.46. The van der Waals surface area contributed by atoms with E-state index in [2.05, 4.69) is 45.0 Å². The first-order chi connectivity index (χ1) is 14.8. The minimum absolute atomic E-state index is 0.0753. The first kappa shape index (κ1) is 21.6. The SMILES string of the molecule is CC(C)Oc1ccc2ccccc2c1C=Nc1sc2c(c1C#N)CC[C@@H](C(C)(C)C)C2. The molecule has 0 radical (unpaired) electrons. The average molecular weight is 431 g/mol. The summed E-state index contributed by atoms with van der Waals surface area (Å²) in [5.41, 5.74) is 3.23. The number of fused-ring (bicyclic) bond motifs is 2. The fourth-order valence-corrected chi connectivity index (χ4v) is 5.63. The van der Waals surface area contributed by atoms with Gasteiger partial charge in [0.1, 0.15) is 16.8 Å². The molecule has 31 heavy (non-hydrogen) atoms. The number of hydrogen-bond acceptors (Lipinski definition) is 4. The Morgan fingerprint density at radius 3 is 2.68 bits per heavy atom. The van der Waals surface area contributed by atoms with Gasteiger partial charge in [-0.1, -0.05) is 51.1 Å². The average Bonchev–Trinajstić information content (AvgIpc) is 3.08. The summed E-state index contributed by atoms with van der Waals surface area (Å²) >= 11 is 1.69. The van der Waals surface area contributed by atoms with Crippen LogP contribution in [-0.2, 0) is 12.8 Å². The molecule has 0 bridgehead atoms. The van der Waals surface area contributed by atoms with Gasteiger partial charge < -0.3 is 4.74 Å². The van der Waals surface area contributed by atoms with Crippen molar-refractivity contribution in [3.63, 3.8) is 0 Å². The monoisotopic (exact) mass is 430 g/mol. The lowest BCUT2D eigenvalue weighted by molar-refractivity contribution is 0.218. The second-order valence-electron chi connectivity index (χ2n) is 9.72. The molecule has 1 aromatic heterocycles. The summed E-state index contributed by atoms with van der Waals surface area (Å²) < 4.78 is 6.08. The minimum atomic E-state index is 0.0753. The summed E-state index contributed by atoms with van der Waals surface area (Å²) in [5.74, 6) is 1.47. The minimum Gasteiger partial charge on any atom is -0.490 e. The van der Waals surface area contributed by atoms with Gasteiger partial charge in [-0.05, 0) is 66.8 Å². The fourth-order valence-electron chi connectivity index (χ4n) is 4.41. The Bertz CT molecular complexity index is 1170. The summed E-state index contributed by atoms with van der Waals surface area (Å²) in [7, 11) is 0. The van der Waals surface area contributed by atoms with Crippen LogP contribution in [0, 0.1) is 22.7 Å². The van der Waals surface area contributed by atoms with Crippen molar-refractivity contribution in [2.45, 2.75) is 60.0 Å². The number of thiophene rings is 1. The second-order valence-corrected chi connectivity index (χ2v) is 10.8. The molecule has 0 saturated carbocycles. The molecule has 1 aliphatic rings. The number of hydrogen-bond donors (Lipinski definition) is 0. The van der Waals surface area contributed by atoms with E-state index in [1.54, 1.807) is 11.3 Å². The van der Waals surface area contributed by atoms with E-state index < -0.39 is 0 Å². The Hall–Kier alpha value is -2.64. The lowest BCUT2D eigenvalue weighted by Gasteiger charge is -2.33. The van der Waals surface area contributed by atoms with Crippen molar-refractivity contribution >= 4 is 33.3 Å². The van der Waals surface area contributed by atoms with Gasteiger partial charge in [0.05, 0.1) is 11.7 Å². The van der Waals surface area contributed by atoms with Crippen LogP contribution in [0.2, 0.25) is 0 Å². The van der Waals surface area contributed by atoms with Crippen molar-refractivity contribution in [1.29, 1.82) is 5.26 Å². The van der Waals surface area contributed by atoms with Gasteiger partial charge in [-0.3, -0.25) is 0 Å². The highest BCUT2D eigenvalue weighted by Gasteiger charge is 2.32. The van der Waals surface area contributed by atoms with Crippen molar-refractivity contribution in [1.82, 2.24) is 0 Å². The number of ether oxygens (including phenoxy) is 1. The summed E-state index contributed by atoms with van der Waals surface area (Å²) in [6.07, 6.45) is 5.12. The van der Waals surface area contributed by atoms with Gasteiger partial charge in [0, 0.05) is 16.7 Å². The molecule has 2 aromatic carbocycles. The molecule has 1 aliphatic carbocycles. The molecular formula is C27H30N2OS. The summed E-state index contributed by atoms with van der Waals surface area (Å²) in [6, 6.07) is 14.8. The number of nitriles is 1. The van der Waals surface area contributed by atoms with Crippen LogP contribution >= 0.6 is 11.3 Å². The van der Waals surface area contributed by atoms with Crippen LogP contribution in [0.5, 0.6) is 5.75 Å². The van der Waals surface area contributed by atoms with Crippen LogP contribution in [0.25, 0.3) is 10.8 Å². The molecule has 0 amide bonds. The van der Waals surface area contributed by atoms with Crippen molar-refractivity contribution in [3.8, 4) is 11.8 Å². The molecule has 3 aromatic rings. The van der Waals surface area contributed by atoms with E-state index in [1.807, 2.05) is 38.3 Å². The summed E-state index contributed by atoms with van der Waals surface area (Å²) in [4.78, 5) is 6.19. The van der Waals surface area contributed by atoms with E-state index >= 15 is 0 Å². The van der Waals surface area contributed by atoms with Gasteiger partial charge in [-0.15, -0.1) is 11.3 Å². The van der Waals surface area contributed by atoms with E-state index in [4.69, 9.17) is 9.73 Å². The van der Waals surface area contributed by atoms with E-state index in [-0.39, 0.29) is 11.5 Å². The fraction of sp³-hybridized carbons (Fsp3) is 0.407. The molecular weight excluding hydrogens is 400 g/mol. The molecule has 4 heteroatoms. The topological polar surface area (TPSA) is 45.4 Å². The van der Waals surface area contributed by atoms with Gasteiger partial charge in [0.15, 0.2) is 0 Å². The third kappa shape index (κ3) is 4.38. The summed E-state index contributed by atoms with van der Waals surface area (Å²) in [6.45, 7) is 11.0. The van der Waals surface area contributed by atoms with Crippen LogP contribution in [0.4, 0.5) is 5.00 Å². The lowest BCUT2D eigenvalue weighted by Crippen LogP contribution is -2.26. The highest BCUT2D eigenvalue weighted by Crippen LogP contribution is 2.45. The molecule has 0 aliphatic heterocycles. The van der Waals surface area contributed by atoms with Gasteiger partial charge in [0.25, 0.3) is 0 Å². The molecule has 1 atom stereocenters. The van der Waals surface area contributed by atoms with Crippen LogP contribution in [0.15, 0.2) is 41.4 Å². The first-order valence-electron chi connectivity index (χ1n) is 11.0. The number of aliphatic imine (C=N–C) groups is 1. The third-order valence-electron chi connectivity index (χ3n) is 6.19. The first-order valence-corrected chi connectivity index (χ1v) is 11.9. The zero-order valence-electron chi connectivity index (χ0n) is 19.0. The van der Waals surface area contributed by atoms with Crippen molar-refractivity contribution in [2.75, 3.05) is 0 Å². The van der Waals surface area contributed by atoms with Crippen LogP contribution in [-0.4, -0.2) is 12.3 Å². The maximum Gasteiger partial charge on any atom is 0.134 e. The van der Waals surface area contributed by atoms with Crippen LogP contribution in [0.1, 0.15) is 62.6 Å². The Labute approximate surface area is 189 Å². The summed E-state index contributed by atoms with van der Waals surface area (Å²) in [5, 5.41) is 13.0. The molecule has 0 spiro atoms. The Kier molecular flexibility index (Phi) is 5.90. The zero-order chi connectivity index (χ0) is 22.2. The number of nitrogens with zero attached hydrogens (tertiary/aromatic N) is 2.